The van der Waals surface area contributed by atoms with E-state index >= 15 is 0 Å². The third-order valence-corrected chi connectivity index (χ3v) is 4.09. The highest BCUT2D eigenvalue weighted by atomic mass is 32.2. The molecule has 0 aliphatic heterocycles. The Bertz CT molecular complexity index is 451. The normalized spacial score (nSPS) is 13.9. The van der Waals surface area contributed by atoms with Crippen LogP contribution in [-0.4, -0.2) is 26.2 Å². The lowest BCUT2D eigenvalue weighted by Crippen LogP contribution is -2.34. The highest BCUT2D eigenvalue weighted by molar-refractivity contribution is 7.89. The fourth-order valence-corrected chi connectivity index (χ4v) is 2.64. The van der Waals surface area contributed by atoms with E-state index in [4.69, 9.17) is 5.11 Å². The molecule has 1 unspecified atom stereocenters. The van der Waals surface area contributed by atoms with E-state index in [0.717, 1.165) is 5.56 Å². The number of benzene rings is 1. The first-order chi connectivity index (χ1) is 7.86. The molecule has 0 bridgehead atoms. The van der Waals surface area contributed by atoms with Gasteiger partial charge in [0.1, 0.15) is 0 Å². The molecule has 96 valence electrons. The lowest BCUT2D eigenvalue weighted by Gasteiger charge is -2.12. The number of nitrogens with one attached hydrogen (secondary N) is 1. The van der Waals surface area contributed by atoms with Crippen molar-refractivity contribution in [1.82, 2.24) is 4.72 Å². The zero-order chi connectivity index (χ0) is 13.1. The van der Waals surface area contributed by atoms with E-state index in [9.17, 15) is 8.42 Å². The van der Waals surface area contributed by atoms with Gasteiger partial charge >= 0.3 is 0 Å². The quantitative estimate of drug-likeness (QED) is 0.839. The van der Waals surface area contributed by atoms with Crippen molar-refractivity contribution in [1.29, 1.82) is 0 Å². The van der Waals surface area contributed by atoms with Crippen LogP contribution in [0.25, 0.3) is 0 Å². The number of aliphatic hydroxyl groups excluding tert-OH is 1. The summed E-state index contributed by atoms with van der Waals surface area (Å²) in [5.74, 6) is 0.371. The number of hydrogen-bond acceptors (Lipinski definition) is 3. The van der Waals surface area contributed by atoms with Crippen molar-refractivity contribution in [2.75, 3.05) is 6.61 Å². The monoisotopic (exact) mass is 257 g/mol. The van der Waals surface area contributed by atoms with Gasteiger partial charge < -0.3 is 5.11 Å². The van der Waals surface area contributed by atoms with Gasteiger partial charge in [-0.3, -0.25) is 0 Å². The van der Waals surface area contributed by atoms with E-state index < -0.39 is 16.1 Å². The van der Waals surface area contributed by atoms with E-state index in [1.807, 2.05) is 12.1 Å². The Kier molecular flexibility index (Phi) is 4.68. The summed E-state index contributed by atoms with van der Waals surface area (Å²) >= 11 is 0. The Morgan fingerprint density at radius 3 is 2.12 bits per heavy atom. The van der Waals surface area contributed by atoms with Crippen molar-refractivity contribution in [3.8, 4) is 0 Å². The maximum atomic E-state index is 11.9. The van der Waals surface area contributed by atoms with Crippen LogP contribution in [0.3, 0.4) is 0 Å². The smallest absolute Gasteiger partial charge is 0.240 e. The first kappa shape index (κ1) is 14.2. The van der Waals surface area contributed by atoms with Crippen LogP contribution in [0, 0.1) is 0 Å². The molecule has 1 rings (SSSR count). The summed E-state index contributed by atoms with van der Waals surface area (Å²) in [5.41, 5.74) is 1.10. The number of aliphatic hydroxyl groups is 1. The van der Waals surface area contributed by atoms with Crippen LogP contribution in [0.2, 0.25) is 0 Å². The third-order valence-electron chi connectivity index (χ3n) is 2.49. The highest BCUT2D eigenvalue weighted by Crippen LogP contribution is 2.17. The van der Waals surface area contributed by atoms with Gasteiger partial charge in [-0.1, -0.05) is 26.0 Å². The van der Waals surface area contributed by atoms with Crippen molar-refractivity contribution in [2.45, 2.75) is 37.6 Å². The van der Waals surface area contributed by atoms with Crippen LogP contribution in [0.5, 0.6) is 0 Å². The minimum Gasteiger partial charge on any atom is -0.395 e. The first-order valence-electron chi connectivity index (χ1n) is 5.60. The van der Waals surface area contributed by atoms with E-state index in [0.29, 0.717) is 5.92 Å². The second-order valence-corrected chi connectivity index (χ2v) is 6.14. The molecule has 5 heteroatoms. The second-order valence-electron chi connectivity index (χ2n) is 4.43. The zero-order valence-corrected chi connectivity index (χ0v) is 11.2. The summed E-state index contributed by atoms with van der Waals surface area (Å²) in [6.07, 6.45) is 0. The Balaban J connectivity index is 2.92. The predicted octanol–water partition coefficient (Wildman–Crippen LogP) is 1.47. The standard InChI is InChI=1S/C12H19NO3S/c1-9(2)11-4-6-12(7-5-11)17(15,16)13-10(3)8-14/h4-7,9-10,13-14H,8H2,1-3H3. The molecule has 0 saturated carbocycles. The van der Waals surface area contributed by atoms with Crippen LogP contribution in [0.1, 0.15) is 32.3 Å². The number of sulfonamides is 1. The van der Waals surface area contributed by atoms with Crippen LogP contribution in [0.4, 0.5) is 0 Å². The van der Waals surface area contributed by atoms with Gasteiger partial charge in [-0.05, 0) is 30.5 Å². The van der Waals surface area contributed by atoms with Gasteiger partial charge in [-0.25, -0.2) is 13.1 Å². The van der Waals surface area contributed by atoms with Crippen molar-refractivity contribution >= 4 is 10.0 Å². The predicted molar refractivity (Wildman–Crippen MR) is 67.4 cm³/mol. The average molecular weight is 257 g/mol. The first-order valence-corrected chi connectivity index (χ1v) is 7.08. The van der Waals surface area contributed by atoms with Crippen molar-refractivity contribution in [3.05, 3.63) is 29.8 Å². The molecule has 0 aliphatic carbocycles. The Morgan fingerprint density at radius 2 is 1.71 bits per heavy atom. The van der Waals surface area contributed by atoms with E-state index in [2.05, 4.69) is 18.6 Å². The minimum absolute atomic E-state index is 0.219. The minimum atomic E-state index is -3.52. The van der Waals surface area contributed by atoms with Crippen LogP contribution < -0.4 is 4.72 Å². The summed E-state index contributed by atoms with van der Waals surface area (Å²) < 4.78 is 26.1. The van der Waals surface area contributed by atoms with Gasteiger partial charge in [0.2, 0.25) is 10.0 Å². The Morgan fingerprint density at radius 1 is 1.18 bits per heavy atom. The molecule has 1 atom stereocenters. The van der Waals surface area contributed by atoms with Gasteiger partial charge in [0.05, 0.1) is 11.5 Å². The fourth-order valence-electron chi connectivity index (χ4n) is 1.40. The largest absolute Gasteiger partial charge is 0.395 e. The van der Waals surface area contributed by atoms with Crippen molar-refractivity contribution in [3.63, 3.8) is 0 Å². The molecule has 1 aromatic rings. The molecule has 0 aromatic heterocycles. The molecule has 4 nitrogen and oxygen atoms in total. The molecule has 0 amide bonds. The van der Waals surface area contributed by atoms with Gasteiger partial charge in [-0.2, -0.15) is 0 Å². The third kappa shape index (κ3) is 3.80. The Hall–Kier alpha value is -0.910. The fraction of sp³-hybridized carbons (Fsp3) is 0.500. The molecular formula is C12H19NO3S. The van der Waals surface area contributed by atoms with Crippen LogP contribution in [0.15, 0.2) is 29.2 Å². The molecule has 0 spiro atoms. The van der Waals surface area contributed by atoms with Crippen LogP contribution in [-0.2, 0) is 10.0 Å². The van der Waals surface area contributed by atoms with E-state index in [1.165, 1.54) is 0 Å². The zero-order valence-electron chi connectivity index (χ0n) is 10.3. The summed E-state index contributed by atoms with van der Waals surface area (Å²) in [7, 11) is -3.52. The lowest BCUT2D eigenvalue weighted by atomic mass is 10.0. The second kappa shape index (κ2) is 5.62. The molecule has 1 aromatic carbocycles. The highest BCUT2D eigenvalue weighted by Gasteiger charge is 2.16. The molecule has 0 fully saturated rings. The summed E-state index contributed by atoms with van der Waals surface area (Å²) in [6.45, 7) is 5.49. The van der Waals surface area contributed by atoms with Gasteiger partial charge in [0.15, 0.2) is 0 Å². The maximum absolute atomic E-state index is 11.9. The molecule has 2 N–H and O–H groups in total. The summed E-state index contributed by atoms with van der Waals surface area (Å²) in [5, 5.41) is 8.83. The van der Waals surface area contributed by atoms with Crippen LogP contribution >= 0.6 is 0 Å². The van der Waals surface area contributed by atoms with E-state index in [-0.39, 0.29) is 11.5 Å². The number of hydrogen-bond donors (Lipinski definition) is 2. The lowest BCUT2D eigenvalue weighted by molar-refractivity contribution is 0.265. The molecule has 17 heavy (non-hydrogen) atoms. The van der Waals surface area contributed by atoms with E-state index in [1.54, 1.807) is 19.1 Å². The Labute approximate surface area is 103 Å². The van der Waals surface area contributed by atoms with Crippen molar-refractivity contribution < 1.29 is 13.5 Å². The summed E-state index contributed by atoms with van der Waals surface area (Å²) in [4.78, 5) is 0.224. The average Bonchev–Trinajstić information content (AvgIpc) is 2.28. The van der Waals surface area contributed by atoms with Crippen molar-refractivity contribution in [2.24, 2.45) is 0 Å². The van der Waals surface area contributed by atoms with Gasteiger partial charge in [0, 0.05) is 6.04 Å². The molecule has 0 aliphatic rings. The van der Waals surface area contributed by atoms with Gasteiger partial charge in [-0.15, -0.1) is 0 Å². The topological polar surface area (TPSA) is 66.4 Å². The molecule has 0 radical (unpaired) electrons. The summed E-state index contributed by atoms with van der Waals surface area (Å²) in [6, 6.07) is 6.31. The number of rotatable bonds is 5. The maximum Gasteiger partial charge on any atom is 0.240 e. The molecule has 0 saturated heterocycles. The molecular weight excluding hydrogens is 238 g/mol. The SMILES string of the molecule is CC(CO)NS(=O)(=O)c1ccc(C(C)C)cc1. The molecule has 0 heterocycles. The van der Waals surface area contributed by atoms with Gasteiger partial charge in [0.25, 0.3) is 0 Å².